The Balaban J connectivity index is 1.52. The molecule has 8 heteroatoms. The molecule has 3 atom stereocenters. The van der Waals surface area contributed by atoms with Crippen LogP contribution in [0.1, 0.15) is 57.8 Å². The molecular weight excluding hydrogens is 356 g/mol. The van der Waals surface area contributed by atoms with E-state index in [1.165, 1.54) is 0 Å². The molecule has 0 bridgehead atoms. The molecule has 1 aromatic rings. The number of hydrogen-bond acceptors (Lipinski definition) is 5. The molecule has 3 aliphatic rings. The van der Waals surface area contributed by atoms with Crippen LogP contribution in [0.3, 0.4) is 0 Å². The van der Waals surface area contributed by atoms with Crippen LogP contribution in [0.2, 0.25) is 0 Å². The normalized spacial score (nSPS) is 29.2. The Morgan fingerprint density at radius 2 is 1.96 bits per heavy atom. The number of rotatable bonds is 3. The second-order valence-corrected chi connectivity index (χ2v) is 8.38. The van der Waals surface area contributed by atoms with Crippen LogP contribution >= 0.6 is 0 Å². The zero-order valence-electron chi connectivity index (χ0n) is 17.1. The number of amides is 2. The molecule has 2 amide bonds. The number of H-pyrrole nitrogens is 1. The van der Waals surface area contributed by atoms with Gasteiger partial charge in [0.2, 0.25) is 11.8 Å². The predicted octanol–water partition coefficient (Wildman–Crippen LogP) is 0.913. The molecular formula is C20H32N6O2. The van der Waals surface area contributed by atoms with Crippen molar-refractivity contribution in [1.82, 2.24) is 30.6 Å². The molecule has 0 aliphatic carbocycles. The highest BCUT2D eigenvalue weighted by Crippen LogP contribution is 2.42. The average molecular weight is 389 g/mol. The molecule has 8 nitrogen and oxygen atoms in total. The van der Waals surface area contributed by atoms with Crippen molar-refractivity contribution in [3.05, 3.63) is 17.7 Å². The van der Waals surface area contributed by atoms with Gasteiger partial charge >= 0.3 is 0 Å². The quantitative estimate of drug-likeness (QED) is 0.716. The van der Waals surface area contributed by atoms with Crippen LogP contribution in [0.25, 0.3) is 0 Å². The van der Waals surface area contributed by atoms with Gasteiger partial charge in [-0.05, 0) is 25.2 Å². The van der Waals surface area contributed by atoms with Crippen molar-refractivity contribution in [2.45, 2.75) is 70.5 Å². The van der Waals surface area contributed by atoms with E-state index in [1.54, 1.807) is 6.33 Å². The fraction of sp³-hybridized carbons (Fsp3) is 0.750. The van der Waals surface area contributed by atoms with Gasteiger partial charge in [0.25, 0.3) is 0 Å². The van der Waals surface area contributed by atoms with Gasteiger partial charge in [-0.15, -0.1) is 0 Å². The Morgan fingerprint density at radius 3 is 2.61 bits per heavy atom. The molecule has 0 aromatic carbocycles. The lowest BCUT2D eigenvalue weighted by atomic mass is 9.78. The molecule has 3 aliphatic heterocycles. The molecule has 4 heterocycles. The summed E-state index contributed by atoms with van der Waals surface area (Å²) >= 11 is 0. The fourth-order valence-corrected chi connectivity index (χ4v) is 5.29. The highest BCUT2D eigenvalue weighted by atomic mass is 16.2. The number of fused-ring (bicyclic) bond motifs is 2. The minimum Gasteiger partial charge on any atom is -0.348 e. The summed E-state index contributed by atoms with van der Waals surface area (Å²) in [5.74, 6) is 0.603. The van der Waals surface area contributed by atoms with Gasteiger partial charge in [0.15, 0.2) is 0 Å². The SMILES string of the molecule is CCC(=O)N1CCc2[nH]cnc2C12CCN(C(=O)C1NNC(CC)C1C)CC2. The molecule has 2 saturated heterocycles. The minimum atomic E-state index is -0.379. The topological polar surface area (TPSA) is 93.4 Å². The molecule has 154 valence electrons. The first kappa shape index (κ1) is 19.4. The first-order valence-corrected chi connectivity index (χ1v) is 10.6. The number of nitrogens with zero attached hydrogens (tertiary/aromatic N) is 3. The molecule has 1 spiro atoms. The van der Waals surface area contributed by atoms with E-state index < -0.39 is 0 Å². The second kappa shape index (κ2) is 7.48. The Hall–Kier alpha value is -1.93. The van der Waals surface area contributed by atoms with Crippen LogP contribution in [-0.4, -0.2) is 63.3 Å². The molecule has 2 fully saturated rings. The summed E-state index contributed by atoms with van der Waals surface area (Å²) in [6.07, 6.45) is 5.54. The molecule has 3 N–H and O–H groups in total. The fourth-order valence-electron chi connectivity index (χ4n) is 5.29. The third kappa shape index (κ3) is 2.93. The van der Waals surface area contributed by atoms with Gasteiger partial charge in [-0.3, -0.25) is 15.0 Å². The number of carbonyl (C=O) groups excluding carboxylic acids is 2. The van der Waals surface area contributed by atoms with Crippen LogP contribution in [0.15, 0.2) is 6.33 Å². The lowest BCUT2D eigenvalue weighted by Gasteiger charge is -2.50. The standard InChI is InChI=1S/C20H32N6O2/c1-4-14-13(3)17(24-23-14)19(28)25-10-7-20(8-11-25)18-15(21-12-22-18)6-9-26(20)16(27)5-2/h12-14,17,23-24H,4-11H2,1-3H3,(H,21,22). The Kier molecular flexibility index (Phi) is 5.18. The highest BCUT2D eigenvalue weighted by molar-refractivity contribution is 5.83. The number of nitrogens with one attached hydrogen (secondary N) is 3. The van der Waals surface area contributed by atoms with Gasteiger partial charge < -0.3 is 14.8 Å². The van der Waals surface area contributed by atoms with E-state index in [4.69, 9.17) is 0 Å². The van der Waals surface area contributed by atoms with Crippen LogP contribution in [0.5, 0.6) is 0 Å². The number of hydrogen-bond donors (Lipinski definition) is 3. The van der Waals surface area contributed by atoms with Crippen molar-refractivity contribution in [1.29, 1.82) is 0 Å². The van der Waals surface area contributed by atoms with Crippen molar-refractivity contribution < 1.29 is 9.59 Å². The highest BCUT2D eigenvalue weighted by Gasteiger charge is 2.49. The average Bonchev–Trinajstić information content (AvgIpc) is 3.35. The smallest absolute Gasteiger partial charge is 0.241 e. The van der Waals surface area contributed by atoms with Crippen LogP contribution in [-0.2, 0) is 21.5 Å². The zero-order chi connectivity index (χ0) is 19.9. The van der Waals surface area contributed by atoms with Gasteiger partial charge in [-0.1, -0.05) is 20.8 Å². The van der Waals surface area contributed by atoms with Crippen molar-refractivity contribution in [2.75, 3.05) is 19.6 Å². The Morgan fingerprint density at radius 1 is 1.21 bits per heavy atom. The lowest BCUT2D eigenvalue weighted by Crippen LogP contribution is -2.60. The predicted molar refractivity (Wildman–Crippen MR) is 105 cm³/mol. The molecule has 4 rings (SSSR count). The Bertz CT molecular complexity index is 739. The molecule has 28 heavy (non-hydrogen) atoms. The van der Waals surface area contributed by atoms with E-state index in [2.05, 4.69) is 34.7 Å². The first-order chi connectivity index (χ1) is 13.5. The summed E-state index contributed by atoms with van der Waals surface area (Å²) < 4.78 is 0. The van der Waals surface area contributed by atoms with Crippen LogP contribution in [0, 0.1) is 5.92 Å². The maximum atomic E-state index is 13.1. The number of hydrazine groups is 1. The van der Waals surface area contributed by atoms with Crippen molar-refractivity contribution in [3.8, 4) is 0 Å². The maximum absolute atomic E-state index is 13.1. The van der Waals surface area contributed by atoms with Gasteiger partial charge in [-0.2, -0.15) is 0 Å². The number of aromatic amines is 1. The first-order valence-electron chi connectivity index (χ1n) is 10.6. The van der Waals surface area contributed by atoms with E-state index in [9.17, 15) is 9.59 Å². The summed E-state index contributed by atoms with van der Waals surface area (Å²) in [6, 6.07) is 0.146. The van der Waals surface area contributed by atoms with Crippen LogP contribution in [0.4, 0.5) is 0 Å². The lowest BCUT2D eigenvalue weighted by molar-refractivity contribution is -0.145. The third-order valence-electron chi connectivity index (χ3n) is 7.06. The number of carbonyl (C=O) groups is 2. The minimum absolute atomic E-state index is 0.164. The number of likely N-dealkylation sites (tertiary alicyclic amines) is 1. The van der Waals surface area contributed by atoms with Crippen molar-refractivity contribution in [3.63, 3.8) is 0 Å². The molecule has 3 unspecified atom stereocenters. The number of imidazole rings is 1. The molecule has 1 aromatic heterocycles. The Labute approximate surface area is 166 Å². The zero-order valence-corrected chi connectivity index (χ0v) is 17.1. The molecule has 0 radical (unpaired) electrons. The van der Waals surface area contributed by atoms with Gasteiger partial charge in [0.05, 0.1) is 17.6 Å². The van der Waals surface area contributed by atoms with Gasteiger partial charge in [0.1, 0.15) is 6.04 Å². The third-order valence-corrected chi connectivity index (χ3v) is 7.06. The van der Waals surface area contributed by atoms with Gasteiger partial charge in [-0.25, -0.2) is 10.4 Å². The van der Waals surface area contributed by atoms with Crippen molar-refractivity contribution >= 4 is 11.8 Å². The summed E-state index contributed by atoms with van der Waals surface area (Å²) in [7, 11) is 0. The second-order valence-electron chi connectivity index (χ2n) is 8.38. The number of piperidine rings is 1. The largest absolute Gasteiger partial charge is 0.348 e. The summed E-state index contributed by atoms with van der Waals surface area (Å²) in [5.41, 5.74) is 8.23. The van der Waals surface area contributed by atoms with Gasteiger partial charge in [0, 0.05) is 44.2 Å². The van der Waals surface area contributed by atoms with Crippen LogP contribution < -0.4 is 10.9 Å². The van der Waals surface area contributed by atoms with E-state index in [0.717, 1.165) is 43.6 Å². The molecule has 0 saturated carbocycles. The number of aromatic nitrogens is 2. The monoisotopic (exact) mass is 388 g/mol. The maximum Gasteiger partial charge on any atom is 0.241 e. The van der Waals surface area contributed by atoms with E-state index >= 15 is 0 Å². The summed E-state index contributed by atoms with van der Waals surface area (Å²) in [4.78, 5) is 37.7. The van der Waals surface area contributed by atoms with E-state index in [1.807, 2.05) is 16.7 Å². The van der Waals surface area contributed by atoms with E-state index in [-0.39, 0.29) is 29.3 Å². The van der Waals surface area contributed by atoms with Crippen molar-refractivity contribution in [2.24, 2.45) is 5.92 Å². The van der Waals surface area contributed by atoms with E-state index in [0.29, 0.717) is 25.6 Å². The summed E-state index contributed by atoms with van der Waals surface area (Å²) in [6.45, 7) is 8.21. The summed E-state index contributed by atoms with van der Waals surface area (Å²) in [5, 5.41) is 0.